The van der Waals surface area contributed by atoms with Gasteiger partial charge in [0, 0.05) is 6.54 Å². The zero-order valence-corrected chi connectivity index (χ0v) is 27.3. The number of halogens is 3. The number of benzene rings is 2. The minimum Gasteiger partial charge on any atom is -0.460 e. The summed E-state index contributed by atoms with van der Waals surface area (Å²) in [6.07, 6.45) is -3.96. The summed E-state index contributed by atoms with van der Waals surface area (Å²) in [7, 11) is 0. The van der Waals surface area contributed by atoms with E-state index in [1.54, 1.807) is 32.9 Å². The first-order valence-electron chi connectivity index (χ1n) is 15.8. The molecule has 11 nitrogen and oxygen atoms in total. The molecule has 1 saturated heterocycles. The summed E-state index contributed by atoms with van der Waals surface area (Å²) in [5, 5.41) is 7.76. The van der Waals surface area contributed by atoms with E-state index >= 15 is 0 Å². The smallest absolute Gasteiger partial charge is 0.417 e. The lowest BCUT2D eigenvalue weighted by Crippen LogP contribution is -2.51. The third kappa shape index (κ3) is 11.9. The van der Waals surface area contributed by atoms with Crippen molar-refractivity contribution in [2.45, 2.75) is 77.1 Å². The molecule has 1 aliphatic heterocycles. The molecule has 0 saturated carbocycles. The van der Waals surface area contributed by atoms with Gasteiger partial charge in [-0.1, -0.05) is 42.5 Å². The molecule has 0 spiro atoms. The number of nitrogens with one attached hydrogen (secondary N) is 3. The van der Waals surface area contributed by atoms with Gasteiger partial charge >= 0.3 is 18.2 Å². The lowest BCUT2D eigenvalue weighted by atomic mass is 9.82. The fourth-order valence-electron chi connectivity index (χ4n) is 5.36. The predicted molar refractivity (Wildman–Crippen MR) is 170 cm³/mol. The van der Waals surface area contributed by atoms with E-state index in [9.17, 15) is 37.1 Å². The maximum Gasteiger partial charge on any atom is 0.417 e. The Bertz CT molecular complexity index is 1440. The quantitative estimate of drug-likeness (QED) is 0.318. The first-order chi connectivity index (χ1) is 22.5. The lowest BCUT2D eigenvalue weighted by molar-refractivity contribution is -0.164. The number of esters is 1. The van der Waals surface area contributed by atoms with Crippen molar-refractivity contribution < 1.29 is 46.6 Å². The van der Waals surface area contributed by atoms with Crippen molar-refractivity contribution >= 4 is 29.8 Å². The van der Waals surface area contributed by atoms with Gasteiger partial charge in [-0.05, 0) is 82.1 Å². The second-order valence-corrected chi connectivity index (χ2v) is 12.6. The number of amides is 4. The van der Waals surface area contributed by atoms with Crippen LogP contribution in [-0.2, 0) is 41.2 Å². The Labute approximate surface area is 277 Å². The van der Waals surface area contributed by atoms with Crippen LogP contribution in [0.4, 0.5) is 18.0 Å². The molecule has 2 aromatic rings. The van der Waals surface area contributed by atoms with E-state index in [1.165, 1.54) is 30.3 Å². The highest BCUT2D eigenvalue weighted by Gasteiger charge is 2.38. The Kier molecular flexibility index (Phi) is 13.4. The van der Waals surface area contributed by atoms with Crippen molar-refractivity contribution in [1.29, 1.82) is 0 Å². The maximum atomic E-state index is 14.1. The van der Waals surface area contributed by atoms with Crippen molar-refractivity contribution in [3.05, 3.63) is 59.7 Å². The van der Waals surface area contributed by atoms with Crippen LogP contribution in [0.25, 0.3) is 11.1 Å². The molecule has 3 atom stereocenters. The number of alkyl carbamates (subject to hydrolysis) is 1. The Hall–Kier alpha value is -4.62. The van der Waals surface area contributed by atoms with Crippen molar-refractivity contribution in [3.8, 4) is 11.1 Å². The molecule has 48 heavy (non-hydrogen) atoms. The minimum absolute atomic E-state index is 0.0105. The van der Waals surface area contributed by atoms with Crippen molar-refractivity contribution in [3.63, 3.8) is 0 Å². The van der Waals surface area contributed by atoms with Gasteiger partial charge in [-0.15, -0.1) is 0 Å². The van der Waals surface area contributed by atoms with E-state index in [0.717, 1.165) is 6.07 Å². The normalized spacial score (nSPS) is 20.2. The standard InChI is InChI=1S/C34H43F3N4O7/c1-33(2,3)48-31(45)24-10-8-18-47-32(46)39-17-7-6-12-27(30(44)40-20-28(38)42)41-29(43)25(24)19-21-13-15-22(16-14-21)23-9-4-5-11-26(23)34(35,36)37/h4-5,9,11,13-16,24-25,27H,6-8,10,12,17-20H2,1-3H3,(H2,38,42)(H,39,46)(H,40,44)(H,41,43)/t24-,25+,27-/m0/s1. The van der Waals surface area contributed by atoms with Crippen LogP contribution < -0.4 is 21.7 Å². The first-order valence-corrected chi connectivity index (χ1v) is 15.8. The molecule has 14 heteroatoms. The van der Waals surface area contributed by atoms with Gasteiger partial charge in [0.1, 0.15) is 11.6 Å². The number of primary amides is 1. The van der Waals surface area contributed by atoms with Gasteiger partial charge in [-0.25, -0.2) is 4.79 Å². The van der Waals surface area contributed by atoms with Gasteiger partial charge in [-0.2, -0.15) is 13.2 Å². The van der Waals surface area contributed by atoms with Crippen LogP contribution in [0.1, 0.15) is 64.0 Å². The summed E-state index contributed by atoms with van der Waals surface area (Å²) >= 11 is 0. The number of rotatable bonds is 7. The summed E-state index contributed by atoms with van der Waals surface area (Å²) in [6, 6.07) is 10.3. The summed E-state index contributed by atoms with van der Waals surface area (Å²) in [4.78, 5) is 64.2. The topological polar surface area (TPSA) is 166 Å². The van der Waals surface area contributed by atoms with Crippen LogP contribution in [0.15, 0.2) is 48.5 Å². The van der Waals surface area contributed by atoms with Crippen LogP contribution in [0.5, 0.6) is 0 Å². The second kappa shape index (κ2) is 17.0. The van der Waals surface area contributed by atoms with Crippen LogP contribution in [0.2, 0.25) is 0 Å². The molecule has 0 aliphatic carbocycles. The number of hydrogen-bond donors (Lipinski definition) is 4. The third-order valence-electron chi connectivity index (χ3n) is 7.64. The maximum absolute atomic E-state index is 14.1. The van der Waals surface area contributed by atoms with Gasteiger partial charge in [0.25, 0.3) is 0 Å². The number of cyclic esters (lactones) is 1. The number of ether oxygens (including phenoxy) is 2. The van der Waals surface area contributed by atoms with Crippen molar-refractivity contribution in [1.82, 2.24) is 16.0 Å². The average Bonchev–Trinajstić information content (AvgIpc) is 3.01. The number of hydrogen-bond acceptors (Lipinski definition) is 7. The molecule has 5 N–H and O–H groups in total. The summed E-state index contributed by atoms with van der Waals surface area (Å²) in [6.45, 7) is 4.80. The minimum atomic E-state index is -4.57. The van der Waals surface area contributed by atoms with E-state index in [2.05, 4.69) is 16.0 Å². The SMILES string of the molecule is CC(C)(C)OC(=O)[C@H]1CCCOC(=O)NCCCC[C@@H](C(=O)NCC(N)=O)NC(=O)[C@@H]1Cc1ccc(-c2ccccc2C(F)(F)F)cc1. The summed E-state index contributed by atoms with van der Waals surface area (Å²) in [5.74, 6) is -4.90. The third-order valence-corrected chi connectivity index (χ3v) is 7.64. The molecule has 0 radical (unpaired) electrons. The Morgan fingerprint density at radius 3 is 2.31 bits per heavy atom. The van der Waals surface area contributed by atoms with Crippen molar-refractivity contribution in [2.24, 2.45) is 17.6 Å². The fraction of sp³-hybridized carbons (Fsp3) is 0.500. The summed E-state index contributed by atoms with van der Waals surface area (Å²) < 4.78 is 52.0. The molecule has 4 amide bonds. The zero-order valence-electron chi connectivity index (χ0n) is 27.3. The highest BCUT2D eigenvalue weighted by Crippen LogP contribution is 2.37. The van der Waals surface area contributed by atoms with Gasteiger partial charge in [-0.3, -0.25) is 19.2 Å². The average molecular weight is 677 g/mol. The van der Waals surface area contributed by atoms with E-state index in [1.807, 2.05) is 0 Å². The highest BCUT2D eigenvalue weighted by molar-refractivity contribution is 5.92. The number of nitrogens with two attached hydrogens (primary N) is 1. The molecule has 0 bridgehead atoms. The van der Waals surface area contributed by atoms with Gasteiger partial charge < -0.3 is 31.2 Å². The van der Waals surface area contributed by atoms with Crippen molar-refractivity contribution in [2.75, 3.05) is 19.7 Å². The number of carbonyl (C=O) groups excluding carboxylic acids is 5. The van der Waals surface area contributed by atoms with E-state index in [-0.39, 0.29) is 44.4 Å². The highest BCUT2D eigenvalue weighted by atomic mass is 19.4. The van der Waals surface area contributed by atoms with Gasteiger partial charge in [0.05, 0.1) is 30.6 Å². The molecule has 262 valence electrons. The van der Waals surface area contributed by atoms with Crippen LogP contribution in [-0.4, -0.2) is 61.1 Å². The Balaban J connectivity index is 2.01. The zero-order chi connectivity index (χ0) is 35.5. The lowest BCUT2D eigenvalue weighted by Gasteiger charge is -2.30. The molecular formula is C34H43F3N4O7. The van der Waals surface area contributed by atoms with Crippen LogP contribution in [0, 0.1) is 11.8 Å². The number of carbonyl (C=O) groups is 5. The van der Waals surface area contributed by atoms with E-state index in [4.69, 9.17) is 15.2 Å². The second-order valence-electron chi connectivity index (χ2n) is 12.6. The molecule has 1 heterocycles. The molecule has 3 rings (SSSR count). The largest absolute Gasteiger partial charge is 0.460 e. The van der Waals surface area contributed by atoms with E-state index in [0.29, 0.717) is 24.0 Å². The van der Waals surface area contributed by atoms with Gasteiger partial charge in [0.2, 0.25) is 17.7 Å². The molecule has 0 aromatic heterocycles. The Morgan fingerprint density at radius 1 is 0.979 bits per heavy atom. The fourth-order valence-corrected chi connectivity index (χ4v) is 5.36. The molecule has 1 fully saturated rings. The molecular weight excluding hydrogens is 633 g/mol. The van der Waals surface area contributed by atoms with Crippen LogP contribution in [0.3, 0.4) is 0 Å². The molecule has 0 unspecified atom stereocenters. The van der Waals surface area contributed by atoms with E-state index < -0.39 is 71.5 Å². The molecule has 1 aliphatic rings. The van der Waals surface area contributed by atoms with Crippen LogP contribution >= 0.6 is 0 Å². The summed E-state index contributed by atoms with van der Waals surface area (Å²) in [5.41, 5.74) is 4.33. The molecule has 2 aromatic carbocycles. The first kappa shape index (κ1) is 37.8. The number of alkyl halides is 3. The van der Waals surface area contributed by atoms with Gasteiger partial charge in [0.15, 0.2) is 0 Å². The Morgan fingerprint density at radius 2 is 1.67 bits per heavy atom. The monoisotopic (exact) mass is 676 g/mol. The predicted octanol–water partition coefficient (Wildman–Crippen LogP) is 4.27.